The van der Waals surface area contributed by atoms with Crippen LogP contribution in [0.1, 0.15) is 10.4 Å². The molecule has 1 N–H and O–H groups in total. The third-order valence-electron chi connectivity index (χ3n) is 4.53. The number of furan rings is 1. The van der Waals surface area contributed by atoms with Gasteiger partial charge in [0.1, 0.15) is 22.5 Å². The number of ether oxygens (including phenoxy) is 1. The molecule has 5 rings (SSSR count). The highest BCUT2D eigenvalue weighted by Crippen LogP contribution is 2.36. The van der Waals surface area contributed by atoms with Crippen molar-refractivity contribution in [1.82, 2.24) is 9.38 Å². The quantitative estimate of drug-likeness (QED) is 0.504. The van der Waals surface area contributed by atoms with Crippen LogP contribution in [0, 0.1) is 0 Å². The number of hydrogen-bond acceptors (Lipinski definition) is 6. The molecular weight excluding hydrogens is 378 g/mol. The number of rotatable bonds is 3. The first-order chi connectivity index (χ1) is 13.7. The van der Waals surface area contributed by atoms with Crippen molar-refractivity contribution in [1.29, 1.82) is 0 Å². The molecule has 138 valence electrons. The van der Waals surface area contributed by atoms with Gasteiger partial charge < -0.3 is 14.5 Å². The Labute approximate surface area is 161 Å². The fourth-order valence-corrected chi connectivity index (χ4v) is 3.86. The predicted molar refractivity (Wildman–Crippen MR) is 108 cm³/mol. The molecule has 3 aromatic heterocycles. The van der Waals surface area contributed by atoms with Gasteiger partial charge >= 0.3 is 0 Å². The maximum absolute atomic E-state index is 12.7. The molecule has 8 heteroatoms. The third kappa shape index (κ3) is 2.46. The van der Waals surface area contributed by atoms with Gasteiger partial charge in [-0.05, 0) is 12.1 Å². The number of fused-ring (bicyclic) bond motifs is 4. The Hall–Kier alpha value is -3.65. The van der Waals surface area contributed by atoms with Gasteiger partial charge in [-0.1, -0.05) is 18.2 Å². The molecule has 28 heavy (non-hydrogen) atoms. The Morgan fingerprint density at radius 1 is 1.21 bits per heavy atom. The minimum atomic E-state index is -0.563. The topological polar surface area (TPSA) is 85.8 Å². The van der Waals surface area contributed by atoms with Crippen molar-refractivity contribution in [2.75, 3.05) is 12.4 Å². The summed E-state index contributed by atoms with van der Waals surface area (Å²) in [5.41, 5.74) is 1.29. The molecule has 0 unspecified atom stereocenters. The number of para-hydroxylation sites is 1. The summed E-state index contributed by atoms with van der Waals surface area (Å²) in [4.78, 5) is 29.9. The molecular formula is C20H13N3O4S. The van der Waals surface area contributed by atoms with Gasteiger partial charge in [0.15, 0.2) is 4.96 Å². The van der Waals surface area contributed by atoms with Crippen molar-refractivity contribution < 1.29 is 13.9 Å². The summed E-state index contributed by atoms with van der Waals surface area (Å²) in [5.74, 6) is -0.0936. The molecule has 0 fully saturated rings. The monoisotopic (exact) mass is 391 g/mol. The maximum atomic E-state index is 12.7. The zero-order valence-electron chi connectivity index (χ0n) is 14.6. The van der Waals surface area contributed by atoms with Gasteiger partial charge in [0.05, 0.1) is 12.8 Å². The Balaban J connectivity index is 1.59. The zero-order valence-corrected chi connectivity index (χ0v) is 15.4. The summed E-state index contributed by atoms with van der Waals surface area (Å²) in [5, 5.41) is 6.32. The first-order valence-electron chi connectivity index (χ1n) is 8.41. The zero-order chi connectivity index (χ0) is 19.3. The number of carbonyl (C=O) groups excluding carboxylic acids is 1. The van der Waals surface area contributed by atoms with E-state index >= 15 is 0 Å². The average Bonchev–Trinajstić information content (AvgIpc) is 3.32. The number of nitrogens with one attached hydrogen (secondary N) is 1. The molecule has 0 spiro atoms. The van der Waals surface area contributed by atoms with Crippen molar-refractivity contribution >= 4 is 49.8 Å². The highest BCUT2D eigenvalue weighted by molar-refractivity contribution is 7.15. The average molecular weight is 391 g/mol. The SMILES string of the molecule is COc1cc2c(cc1NC(=O)c1cnc3sccn3c1=O)oc1ccccc12. The summed E-state index contributed by atoms with van der Waals surface area (Å²) in [7, 11) is 1.52. The molecule has 2 aromatic carbocycles. The smallest absolute Gasteiger partial charge is 0.271 e. The highest BCUT2D eigenvalue weighted by atomic mass is 32.1. The first kappa shape index (κ1) is 16.5. The van der Waals surface area contributed by atoms with Crippen molar-refractivity contribution in [3.63, 3.8) is 0 Å². The number of hydrogen-bond donors (Lipinski definition) is 1. The third-order valence-corrected chi connectivity index (χ3v) is 5.31. The Morgan fingerprint density at radius 2 is 2.07 bits per heavy atom. The second-order valence-corrected chi connectivity index (χ2v) is 7.01. The standard InChI is InChI=1S/C20H13N3O4S/c1-26-17-8-12-11-4-2-3-5-15(11)27-16(12)9-14(17)22-18(24)13-10-21-20-23(19(13)25)6-7-28-20/h2-10H,1H3,(H,22,24). The van der Waals surface area contributed by atoms with E-state index in [1.807, 2.05) is 30.3 Å². The molecule has 3 heterocycles. The van der Waals surface area contributed by atoms with Crippen molar-refractivity contribution in [3.8, 4) is 5.75 Å². The molecule has 0 bridgehead atoms. The van der Waals surface area contributed by atoms with Crippen LogP contribution in [0.3, 0.4) is 0 Å². The van der Waals surface area contributed by atoms with E-state index in [2.05, 4.69) is 10.3 Å². The lowest BCUT2D eigenvalue weighted by atomic mass is 10.1. The van der Waals surface area contributed by atoms with E-state index in [0.717, 1.165) is 16.4 Å². The van der Waals surface area contributed by atoms with E-state index in [9.17, 15) is 9.59 Å². The lowest BCUT2D eigenvalue weighted by molar-refractivity contribution is 0.102. The molecule has 0 aliphatic carbocycles. The Bertz CT molecular complexity index is 1430. The van der Waals surface area contributed by atoms with E-state index in [0.29, 0.717) is 22.0 Å². The summed E-state index contributed by atoms with van der Waals surface area (Å²) >= 11 is 1.32. The molecule has 0 aliphatic rings. The summed E-state index contributed by atoms with van der Waals surface area (Å²) in [6.07, 6.45) is 2.88. The number of nitrogens with zero attached hydrogens (tertiary/aromatic N) is 2. The highest BCUT2D eigenvalue weighted by Gasteiger charge is 2.18. The van der Waals surface area contributed by atoms with Gasteiger partial charge in [-0.2, -0.15) is 0 Å². The number of aromatic nitrogens is 2. The molecule has 0 radical (unpaired) electrons. The minimum absolute atomic E-state index is 0.0531. The van der Waals surface area contributed by atoms with E-state index in [-0.39, 0.29) is 5.56 Å². The fourth-order valence-electron chi connectivity index (χ4n) is 3.19. The van der Waals surface area contributed by atoms with Gasteiger partial charge in [0.2, 0.25) is 0 Å². The molecule has 0 aliphatic heterocycles. The van der Waals surface area contributed by atoms with Gasteiger partial charge in [0, 0.05) is 34.6 Å². The van der Waals surface area contributed by atoms with E-state index in [1.54, 1.807) is 17.6 Å². The Kier molecular flexibility index (Phi) is 3.66. The fraction of sp³-hybridized carbons (Fsp3) is 0.0500. The van der Waals surface area contributed by atoms with Crippen LogP contribution in [0.2, 0.25) is 0 Å². The van der Waals surface area contributed by atoms with E-state index < -0.39 is 11.5 Å². The number of anilines is 1. The van der Waals surface area contributed by atoms with Crippen molar-refractivity contribution in [3.05, 3.63) is 70.1 Å². The lowest BCUT2D eigenvalue weighted by Gasteiger charge is -2.10. The van der Waals surface area contributed by atoms with Crippen LogP contribution in [0.15, 0.2) is 63.4 Å². The van der Waals surface area contributed by atoms with Crippen LogP contribution in [-0.4, -0.2) is 22.4 Å². The van der Waals surface area contributed by atoms with Crippen molar-refractivity contribution in [2.45, 2.75) is 0 Å². The normalized spacial score (nSPS) is 11.3. The van der Waals surface area contributed by atoms with Gasteiger partial charge in [-0.15, -0.1) is 11.3 Å². The summed E-state index contributed by atoms with van der Waals surface area (Å²) in [6, 6.07) is 11.2. The number of amides is 1. The van der Waals surface area contributed by atoms with Crippen molar-refractivity contribution in [2.24, 2.45) is 0 Å². The predicted octanol–water partition coefficient (Wildman–Crippen LogP) is 3.92. The van der Waals surface area contributed by atoms with Crippen LogP contribution < -0.4 is 15.6 Å². The van der Waals surface area contributed by atoms with Crippen LogP contribution in [-0.2, 0) is 0 Å². The molecule has 0 atom stereocenters. The lowest BCUT2D eigenvalue weighted by Crippen LogP contribution is -2.25. The number of thiazole rings is 1. The van der Waals surface area contributed by atoms with E-state index in [1.165, 1.54) is 29.0 Å². The Morgan fingerprint density at radius 3 is 2.93 bits per heavy atom. The molecule has 7 nitrogen and oxygen atoms in total. The van der Waals surface area contributed by atoms with Crippen LogP contribution in [0.4, 0.5) is 5.69 Å². The summed E-state index contributed by atoms with van der Waals surface area (Å²) in [6.45, 7) is 0. The first-order valence-corrected chi connectivity index (χ1v) is 9.29. The number of carbonyl (C=O) groups is 1. The van der Waals surface area contributed by atoms with Gasteiger partial charge in [0.25, 0.3) is 11.5 Å². The molecule has 0 saturated heterocycles. The largest absolute Gasteiger partial charge is 0.495 e. The summed E-state index contributed by atoms with van der Waals surface area (Å²) < 4.78 is 12.7. The molecule has 5 aromatic rings. The number of methoxy groups -OCH3 is 1. The minimum Gasteiger partial charge on any atom is -0.495 e. The second kappa shape index (κ2) is 6.21. The van der Waals surface area contributed by atoms with E-state index in [4.69, 9.17) is 9.15 Å². The maximum Gasteiger partial charge on any atom is 0.271 e. The van der Waals surface area contributed by atoms with Crippen LogP contribution in [0.25, 0.3) is 26.9 Å². The van der Waals surface area contributed by atoms with Crippen LogP contribution in [0.5, 0.6) is 5.75 Å². The van der Waals surface area contributed by atoms with Crippen LogP contribution >= 0.6 is 11.3 Å². The number of benzene rings is 2. The second-order valence-electron chi connectivity index (χ2n) is 6.13. The van der Waals surface area contributed by atoms with Gasteiger partial charge in [-0.3, -0.25) is 14.0 Å². The van der Waals surface area contributed by atoms with Gasteiger partial charge in [-0.25, -0.2) is 4.98 Å². The molecule has 0 saturated carbocycles. The molecule has 1 amide bonds.